The molecule has 0 spiro atoms. The third-order valence-electron chi connectivity index (χ3n) is 1.23. The van der Waals surface area contributed by atoms with Gasteiger partial charge in [0.05, 0.1) is 5.69 Å². The smallest absolute Gasteiger partial charge is 0.387 e. The molecule has 0 amide bonds. The molecule has 12 heavy (non-hydrogen) atoms. The first-order valence-electron chi connectivity index (χ1n) is 3.24. The summed E-state index contributed by atoms with van der Waals surface area (Å²) in [5.74, 6) is 5.14. The minimum atomic E-state index is -2.81. The highest BCUT2D eigenvalue weighted by atomic mass is 19.3. The lowest BCUT2D eigenvalue weighted by Gasteiger charge is -2.05. The monoisotopic (exact) mass is 174 g/mol. The number of hydrogen-bond donors (Lipinski definition) is 2. The second-order valence-corrected chi connectivity index (χ2v) is 2.05. The summed E-state index contributed by atoms with van der Waals surface area (Å²) in [6.45, 7) is -2.81. The predicted molar refractivity (Wildman–Crippen MR) is 40.9 cm³/mol. The van der Waals surface area contributed by atoms with Gasteiger partial charge in [0, 0.05) is 6.07 Å². The first kappa shape index (κ1) is 8.73. The van der Waals surface area contributed by atoms with Crippen molar-refractivity contribution < 1.29 is 13.5 Å². The molecular formula is C7H8F2N2O. The van der Waals surface area contributed by atoms with Crippen LogP contribution in [-0.2, 0) is 0 Å². The van der Waals surface area contributed by atoms with Gasteiger partial charge in [-0.05, 0) is 12.1 Å². The minimum Gasteiger partial charge on any atom is -0.435 e. The SMILES string of the molecule is NNc1cccc(OC(F)F)c1. The van der Waals surface area contributed by atoms with Gasteiger partial charge in [-0.1, -0.05) is 6.07 Å². The maximum atomic E-state index is 11.7. The molecule has 0 aromatic heterocycles. The lowest BCUT2D eigenvalue weighted by molar-refractivity contribution is -0.0498. The lowest BCUT2D eigenvalue weighted by atomic mass is 10.3. The van der Waals surface area contributed by atoms with E-state index in [1.807, 2.05) is 0 Å². The zero-order chi connectivity index (χ0) is 8.97. The highest BCUT2D eigenvalue weighted by Crippen LogP contribution is 2.17. The Morgan fingerprint density at radius 1 is 1.42 bits per heavy atom. The number of anilines is 1. The lowest BCUT2D eigenvalue weighted by Crippen LogP contribution is -2.07. The Kier molecular flexibility index (Phi) is 2.82. The Hall–Kier alpha value is -1.36. The van der Waals surface area contributed by atoms with Gasteiger partial charge in [-0.15, -0.1) is 0 Å². The molecule has 0 radical (unpaired) electrons. The first-order chi connectivity index (χ1) is 5.72. The van der Waals surface area contributed by atoms with E-state index in [0.717, 1.165) is 0 Å². The van der Waals surface area contributed by atoms with Crippen molar-refractivity contribution in [1.29, 1.82) is 0 Å². The van der Waals surface area contributed by atoms with E-state index in [0.29, 0.717) is 5.69 Å². The summed E-state index contributed by atoms with van der Waals surface area (Å²) >= 11 is 0. The molecule has 0 atom stereocenters. The van der Waals surface area contributed by atoms with Gasteiger partial charge in [0.25, 0.3) is 0 Å². The molecule has 1 aromatic carbocycles. The van der Waals surface area contributed by atoms with Crippen molar-refractivity contribution in [3.05, 3.63) is 24.3 Å². The van der Waals surface area contributed by atoms with Crippen LogP contribution in [0, 0.1) is 0 Å². The second kappa shape index (κ2) is 3.87. The summed E-state index contributed by atoms with van der Waals surface area (Å²) in [4.78, 5) is 0. The molecular weight excluding hydrogens is 166 g/mol. The summed E-state index contributed by atoms with van der Waals surface area (Å²) in [5.41, 5.74) is 2.84. The van der Waals surface area contributed by atoms with Crippen molar-refractivity contribution in [3.8, 4) is 5.75 Å². The quantitative estimate of drug-likeness (QED) is 0.540. The fourth-order valence-corrected chi connectivity index (χ4v) is 0.762. The second-order valence-electron chi connectivity index (χ2n) is 2.05. The maximum Gasteiger partial charge on any atom is 0.387 e. The fourth-order valence-electron chi connectivity index (χ4n) is 0.762. The maximum absolute atomic E-state index is 11.7. The Morgan fingerprint density at radius 3 is 2.75 bits per heavy atom. The molecule has 0 aliphatic carbocycles. The molecule has 3 nitrogen and oxygen atoms in total. The summed E-state index contributed by atoms with van der Waals surface area (Å²) in [5, 5.41) is 0. The number of hydrazine groups is 1. The van der Waals surface area contributed by atoms with Crippen LogP contribution < -0.4 is 16.0 Å². The van der Waals surface area contributed by atoms with Gasteiger partial charge in [-0.3, -0.25) is 5.84 Å². The Morgan fingerprint density at radius 2 is 2.17 bits per heavy atom. The number of alkyl halides is 2. The summed E-state index contributed by atoms with van der Waals surface area (Å²) < 4.78 is 27.5. The van der Waals surface area contributed by atoms with E-state index in [-0.39, 0.29) is 5.75 Å². The molecule has 0 unspecified atom stereocenters. The van der Waals surface area contributed by atoms with E-state index in [9.17, 15) is 8.78 Å². The van der Waals surface area contributed by atoms with Crippen LogP contribution in [-0.4, -0.2) is 6.61 Å². The van der Waals surface area contributed by atoms with Gasteiger partial charge in [-0.25, -0.2) is 0 Å². The van der Waals surface area contributed by atoms with E-state index in [1.54, 1.807) is 12.1 Å². The topological polar surface area (TPSA) is 47.3 Å². The van der Waals surface area contributed by atoms with Crippen LogP contribution in [0.3, 0.4) is 0 Å². The molecule has 1 rings (SSSR count). The molecule has 0 saturated heterocycles. The molecule has 0 bridgehead atoms. The Bertz CT molecular complexity index is 255. The fraction of sp³-hybridized carbons (Fsp3) is 0.143. The standard InChI is InChI=1S/C7H8F2N2O/c8-7(9)12-6-3-1-2-5(4-6)11-10/h1-4,7,11H,10H2. The van der Waals surface area contributed by atoms with Gasteiger partial charge < -0.3 is 10.2 Å². The number of nitrogens with two attached hydrogens (primary N) is 1. The number of benzene rings is 1. The van der Waals surface area contributed by atoms with E-state index < -0.39 is 6.61 Å². The van der Waals surface area contributed by atoms with Gasteiger partial charge in [0.1, 0.15) is 5.75 Å². The largest absolute Gasteiger partial charge is 0.435 e. The first-order valence-corrected chi connectivity index (χ1v) is 3.24. The molecule has 66 valence electrons. The van der Waals surface area contributed by atoms with Crippen molar-refractivity contribution in [3.63, 3.8) is 0 Å². The molecule has 0 aliphatic rings. The van der Waals surface area contributed by atoms with Gasteiger partial charge in [-0.2, -0.15) is 8.78 Å². The van der Waals surface area contributed by atoms with Crippen LogP contribution in [0.2, 0.25) is 0 Å². The molecule has 0 fully saturated rings. The number of nitrogen functional groups attached to an aromatic ring is 1. The zero-order valence-electron chi connectivity index (χ0n) is 6.13. The number of halogens is 2. The zero-order valence-corrected chi connectivity index (χ0v) is 6.13. The van der Waals surface area contributed by atoms with Crippen LogP contribution in [0.1, 0.15) is 0 Å². The van der Waals surface area contributed by atoms with Crippen LogP contribution in [0.5, 0.6) is 5.75 Å². The highest BCUT2D eigenvalue weighted by Gasteiger charge is 2.03. The van der Waals surface area contributed by atoms with Crippen molar-refractivity contribution in [1.82, 2.24) is 0 Å². The Labute approximate surface area is 68.1 Å². The molecule has 5 heteroatoms. The average molecular weight is 174 g/mol. The summed E-state index contributed by atoms with van der Waals surface area (Å²) in [6.07, 6.45) is 0. The predicted octanol–water partition coefficient (Wildman–Crippen LogP) is 1.57. The van der Waals surface area contributed by atoms with Gasteiger partial charge >= 0.3 is 6.61 Å². The van der Waals surface area contributed by atoms with Crippen molar-refractivity contribution >= 4 is 5.69 Å². The highest BCUT2D eigenvalue weighted by molar-refractivity contribution is 5.46. The van der Waals surface area contributed by atoms with E-state index in [4.69, 9.17) is 5.84 Å². The van der Waals surface area contributed by atoms with Gasteiger partial charge in [0.2, 0.25) is 0 Å². The normalized spacial score (nSPS) is 10.0. The van der Waals surface area contributed by atoms with Crippen molar-refractivity contribution in [2.24, 2.45) is 5.84 Å². The van der Waals surface area contributed by atoms with Crippen LogP contribution in [0.4, 0.5) is 14.5 Å². The van der Waals surface area contributed by atoms with Crippen LogP contribution in [0.15, 0.2) is 24.3 Å². The molecule has 1 aromatic rings. The third-order valence-corrected chi connectivity index (χ3v) is 1.23. The van der Waals surface area contributed by atoms with E-state index in [2.05, 4.69) is 10.2 Å². The average Bonchev–Trinajstić information content (AvgIpc) is 2.03. The molecule has 0 aliphatic heterocycles. The van der Waals surface area contributed by atoms with E-state index in [1.165, 1.54) is 12.1 Å². The number of hydrogen-bond acceptors (Lipinski definition) is 3. The van der Waals surface area contributed by atoms with Crippen LogP contribution >= 0.6 is 0 Å². The van der Waals surface area contributed by atoms with Crippen molar-refractivity contribution in [2.45, 2.75) is 6.61 Å². The summed E-state index contributed by atoms with van der Waals surface area (Å²) in [7, 11) is 0. The Balaban J connectivity index is 2.72. The summed E-state index contributed by atoms with van der Waals surface area (Å²) in [6, 6.07) is 6.00. The molecule has 0 saturated carbocycles. The molecule has 3 N–H and O–H groups in total. The number of ether oxygens (including phenoxy) is 1. The third kappa shape index (κ3) is 2.35. The number of nitrogens with one attached hydrogen (secondary N) is 1. The number of rotatable bonds is 3. The van der Waals surface area contributed by atoms with E-state index >= 15 is 0 Å². The van der Waals surface area contributed by atoms with Crippen molar-refractivity contribution in [2.75, 3.05) is 5.43 Å². The van der Waals surface area contributed by atoms with Gasteiger partial charge in [0.15, 0.2) is 0 Å². The minimum absolute atomic E-state index is 0.0838. The van der Waals surface area contributed by atoms with Crippen LogP contribution in [0.25, 0.3) is 0 Å². The molecule has 0 heterocycles.